The fourth-order valence-electron chi connectivity index (χ4n) is 2.02. The van der Waals surface area contributed by atoms with Gasteiger partial charge in [0.2, 0.25) is 15.9 Å². The Hall–Kier alpha value is -1.57. The summed E-state index contributed by atoms with van der Waals surface area (Å²) in [7, 11) is -3.64. The van der Waals surface area contributed by atoms with Crippen LogP contribution in [0.4, 0.5) is 11.4 Å². The van der Waals surface area contributed by atoms with Gasteiger partial charge < -0.3 is 5.32 Å². The van der Waals surface area contributed by atoms with Gasteiger partial charge in [0.15, 0.2) is 0 Å². The van der Waals surface area contributed by atoms with Crippen LogP contribution in [0.3, 0.4) is 0 Å². The molecule has 0 radical (unpaired) electrons. The highest BCUT2D eigenvalue weighted by Gasteiger charge is 2.21. The zero-order valence-electron chi connectivity index (χ0n) is 13.1. The lowest BCUT2D eigenvalue weighted by Crippen LogP contribution is -2.37. The summed E-state index contributed by atoms with van der Waals surface area (Å²) in [6, 6.07) is 11.9. The second-order valence-electron chi connectivity index (χ2n) is 5.23. The SMILES string of the molecule is Cc1ccc(N(CC(=O)Nc2ccccc2Br)S(C)(=O)=O)cc1Cl. The van der Waals surface area contributed by atoms with E-state index in [-0.39, 0.29) is 6.54 Å². The minimum absolute atomic E-state index is 0.343. The molecule has 0 spiro atoms. The lowest BCUT2D eigenvalue weighted by Gasteiger charge is -2.22. The van der Waals surface area contributed by atoms with Crippen molar-refractivity contribution in [2.45, 2.75) is 6.92 Å². The number of carbonyl (C=O) groups excluding carboxylic acids is 1. The molecular formula is C16H16BrClN2O3S. The van der Waals surface area contributed by atoms with Crippen molar-refractivity contribution in [3.63, 3.8) is 0 Å². The molecule has 2 rings (SSSR count). The van der Waals surface area contributed by atoms with Crippen LogP contribution in [-0.4, -0.2) is 27.1 Å². The van der Waals surface area contributed by atoms with Crippen LogP contribution in [-0.2, 0) is 14.8 Å². The van der Waals surface area contributed by atoms with Gasteiger partial charge in [-0.3, -0.25) is 9.10 Å². The van der Waals surface area contributed by atoms with Crippen LogP contribution in [0.25, 0.3) is 0 Å². The summed E-state index contributed by atoms with van der Waals surface area (Å²) in [5, 5.41) is 3.12. The molecule has 0 saturated carbocycles. The fraction of sp³-hybridized carbons (Fsp3) is 0.188. The van der Waals surface area contributed by atoms with Crippen molar-refractivity contribution in [2.24, 2.45) is 0 Å². The van der Waals surface area contributed by atoms with Crippen LogP contribution in [0.2, 0.25) is 5.02 Å². The number of nitrogens with zero attached hydrogens (tertiary/aromatic N) is 1. The molecule has 0 aliphatic heterocycles. The highest BCUT2D eigenvalue weighted by atomic mass is 79.9. The fourth-order valence-corrected chi connectivity index (χ4v) is 3.43. The summed E-state index contributed by atoms with van der Waals surface area (Å²) in [6.07, 6.45) is 1.05. The van der Waals surface area contributed by atoms with Gasteiger partial charge in [-0.05, 0) is 52.7 Å². The number of hydrogen-bond donors (Lipinski definition) is 1. The molecule has 0 aromatic heterocycles. The quantitative estimate of drug-likeness (QED) is 0.783. The number of sulfonamides is 1. The monoisotopic (exact) mass is 430 g/mol. The van der Waals surface area contributed by atoms with Crippen molar-refractivity contribution in [2.75, 3.05) is 22.4 Å². The Kier molecular flexibility index (Phi) is 5.90. The normalized spacial score (nSPS) is 11.2. The first-order valence-corrected chi connectivity index (χ1v) is 9.98. The molecule has 1 N–H and O–H groups in total. The summed E-state index contributed by atoms with van der Waals surface area (Å²) >= 11 is 9.40. The van der Waals surface area contributed by atoms with E-state index in [1.807, 2.05) is 13.0 Å². The third-order valence-electron chi connectivity index (χ3n) is 3.28. The first-order chi connectivity index (χ1) is 11.2. The maximum Gasteiger partial charge on any atom is 0.245 e. The van der Waals surface area contributed by atoms with Gasteiger partial charge in [-0.25, -0.2) is 8.42 Å². The van der Waals surface area contributed by atoms with Gasteiger partial charge in [-0.2, -0.15) is 0 Å². The zero-order chi connectivity index (χ0) is 17.9. The molecule has 2 aromatic carbocycles. The van der Waals surface area contributed by atoms with E-state index in [0.29, 0.717) is 20.9 Å². The molecule has 0 atom stereocenters. The van der Waals surface area contributed by atoms with Crippen LogP contribution in [0.15, 0.2) is 46.9 Å². The van der Waals surface area contributed by atoms with Crippen molar-refractivity contribution in [3.05, 3.63) is 57.5 Å². The standard InChI is InChI=1S/C16H16BrClN2O3S/c1-11-7-8-12(9-14(11)18)20(24(2,22)23)10-16(21)19-15-6-4-3-5-13(15)17/h3-9H,10H2,1-2H3,(H,19,21). The maximum atomic E-state index is 12.3. The number of rotatable bonds is 5. The second kappa shape index (κ2) is 7.55. The van der Waals surface area contributed by atoms with Gasteiger partial charge in [0.1, 0.15) is 6.54 Å². The summed E-state index contributed by atoms with van der Waals surface area (Å²) in [6.45, 7) is 1.47. The lowest BCUT2D eigenvalue weighted by atomic mass is 10.2. The molecule has 2 aromatic rings. The minimum Gasteiger partial charge on any atom is -0.323 e. The van der Waals surface area contributed by atoms with E-state index in [4.69, 9.17) is 11.6 Å². The van der Waals surface area contributed by atoms with E-state index < -0.39 is 15.9 Å². The van der Waals surface area contributed by atoms with Crippen molar-refractivity contribution in [1.29, 1.82) is 0 Å². The number of para-hydroxylation sites is 1. The highest BCUT2D eigenvalue weighted by Crippen LogP contribution is 2.25. The van der Waals surface area contributed by atoms with E-state index >= 15 is 0 Å². The van der Waals surface area contributed by atoms with E-state index in [1.165, 1.54) is 6.07 Å². The summed E-state index contributed by atoms with van der Waals surface area (Å²) in [5.74, 6) is -0.455. The molecule has 1 amide bonds. The Balaban J connectivity index is 2.25. The van der Waals surface area contributed by atoms with Gasteiger partial charge >= 0.3 is 0 Å². The predicted molar refractivity (Wildman–Crippen MR) is 101 cm³/mol. The molecule has 8 heteroatoms. The molecule has 0 unspecified atom stereocenters. The van der Waals surface area contributed by atoms with Gasteiger partial charge in [-0.15, -0.1) is 0 Å². The van der Waals surface area contributed by atoms with E-state index in [9.17, 15) is 13.2 Å². The molecule has 0 aliphatic rings. The smallest absolute Gasteiger partial charge is 0.245 e. The molecule has 0 bridgehead atoms. The Labute approximate surface area is 154 Å². The topological polar surface area (TPSA) is 66.5 Å². The third-order valence-corrected chi connectivity index (χ3v) is 5.52. The molecule has 0 heterocycles. The molecule has 24 heavy (non-hydrogen) atoms. The maximum absolute atomic E-state index is 12.3. The molecule has 0 saturated heterocycles. The Morgan fingerprint density at radius 1 is 1.25 bits per heavy atom. The van der Waals surface area contributed by atoms with Crippen molar-refractivity contribution in [3.8, 4) is 0 Å². The number of nitrogens with one attached hydrogen (secondary N) is 1. The van der Waals surface area contributed by atoms with Crippen molar-refractivity contribution >= 4 is 54.8 Å². The van der Waals surface area contributed by atoms with Crippen LogP contribution in [0.5, 0.6) is 0 Å². The average molecular weight is 432 g/mol. The van der Waals surface area contributed by atoms with Crippen LogP contribution in [0.1, 0.15) is 5.56 Å². The first kappa shape index (κ1) is 18.8. The van der Waals surface area contributed by atoms with E-state index in [0.717, 1.165) is 16.1 Å². The molecule has 5 nitrogen and oxygen atoms in total. The highest BCUT2D eigenvalue weighted by molar-refractivity contribution is 9.10. The number of halogens is 2. The minimum atomic E-state index is -3.64. The van der Waals surface area contributed by atoms with E-state index in [2.05, 4.69) is 21.2 Å². The summed E-state index contributed by atoms with van der Waals surface area (Å²) in [5.41, 5.74) is 1.74. The summed E-state index contributed by atoms with van der Waals surface area (Å²) in [4.78, 5) is 12.3. The Morgan fingerprint density at radius 3 is 2.50 bits per heavy atom. The number of amides is 1. The molecule has 0 aliphatic carbocycles. The second-order valence-corrected chi connectivity index (χ2v) is 8.40. The van der Waals surface area contributed by atoms with Crippen molar-refractivity contribution in [1.82, 2.24) is 0 Å². The lowest BCUT2D eigenvalue weighted by molar-refractivity contribution is -0.114. The zero-order valence-corrected chi connectivity index (χ0v) is 16.2. The van der Waals surface area contributed by atoms with Crippen LogP contribution >= 0.6 is 27.5 Å². The molecule has 0 fully saturated rings. The third kappa shape index (κ3) is 4.72. The van der Waals surface area contributed by atoms with Crippen LogP contribution in [0, 0.1) is 6.92 Å². The van der Waals surface area contributed by atoms with Crippen LogP contribution < -0.4 is 9.62 Å². The number of anilines is 2. The predicted octanol–water partition coefficient (Wildman–Crippen LogP) is 3.82. The largest absolute Gasteiger partial charge is 0.323 e. The van der Waals surface area contributed by atoms with Gasteiger partial charge in [0, 0.05) is 9.50 Å². The van der Waals surface area contributed by atoms with Gasteiger partial charge in [0.05, 0.1) is 17.6 Å². The molecular weight excluding hydrogens is 416 g/mol. The number of hydrogen-bond acceptors (Lipinski definition) is 3. The summed E-state index contributed by atoms with van der Waals surface area (Å²) < 4.78 is 25.9. The Bertz CT molecular complexity index is 871. The molecule has 128 valence electrons. The van der Waals surface area contributed by atoms with Crippen molar-refractivity contribution < 1.29 is 13.2 Å². The van der Waals surface area contributed by atoms with E-state index in [1.54, 1.807) is 30.3 Å². The average Bonchev–Trinajstić information content (AvgIpc) is 2.49. The number of benzene rings is 2. The van der Waals surface area contributed by atoms with Gasteiger partial charge in [0.25, 0.3) is 0 Å². The number of aryl methyl sites for hydroxylation is 1. The number of carbonyl (C=O) groups is 1. The Morgan fingerprint density at radius 2 is 1.92 bits per heavy atom. The first-order valence-electron chi connectivity index (χ1n) is 6.97. The van der Waals surface area contributed by atoms with Gasteiger partial charge in [-0.1, -0.05) is 29.8 Å².